The minimum absolute atomic E-state index is 0.0109. The Morgan fingerprint density at radius 1 is 1.18 bits per heavy atom. The fourth-order valence-corrected chi connectivity index (χ4v) is 4.88. The minimum Gasteiger partial charge on any atom is -0.396 e. The van der Waals surface area contributed by atoms with Crippen molar-refractivity contribution in [2.24, 2.45) is 5.92 Å². The largest absolute Gasteiger partial charge is 0.465 e. The van der Waals surface area contributed by atoms with Crippen LogP contribution >= 0.6 is 11.3 Å². The molecule has 1 saturated carbocycles. The van der Waals surface area contributed by atoms with Crippen LogP contribution in [-0.4, -0.2) is 71.0 Å². The molecule has 0 amide bonds. The monoisotopic (exact) mass is 501 g/mol. The van der Waals surface area contributed by atoms with Crippen molar-refractivity contribution >= 4 is 33.3 Å². The van der Waals surface area contributed by atoms with E-state index in [4.69, 9.17) is 0 Å². The van der Waals surface area contributed by atoms with Gasteiger partial charge in [0.2, 0.25) is 5.95 Å². The number of hydrogen-bond acceptors (Lipinski definition) is 11. The van der Waals surface area contributed by atoms with E-state index in [2.05, 4.69) is 20.3 Å². The highest BCUT2D eigenvalue weighted by atomic mass is 32.1. The van der Waals surface area contributed by atoms with Crippen molar-refractivity contribution in [3.8, 4) is 10.6 Å². The number of hydrogen-bond donors (Lipinski definition) is 7. The van der Waals surface area contributed by atoms with Crippen molar-refractivity contribution in [2.75, 3.05) is 17.2 Å². The average Bonchev–Trinajstić information content (AvgIpc) is 3.27. The molecule has 2 aromatic heterocycles. The third-order valence-corrected chi connectivity index (χ3v) is 6.73. The first-order valence-corrected chi connectivity index (χ1v) is 11.0. The number of anilines is 2. The van der Waals surface area contributed by atoms with Crippen LogP contribution in [0.1, 0.15) is 18.5 Å². The van der Waals surface area contributed by atoms with E-state index >= 15 is 0 Å². The lowest BCUT2D eigenvalue weighted by atomic mass is 10.0. The van der Waals surface area contributed by atoms with Gasteiger partial charge in [0.15, 0.2) is 5.72 Å². The fourth-order valence-electron chi connectivity index (χ4n) is 3.81. The number of aromatic nitrogens is 3. The molecule has 34 heavy (non-hydrogen) atoms. The van der Waals surface area contributed by atoms with Crippen LogP contribution in [0.4, 0.5) is 24.9 Å². The molecule has 3 aromatic rings. The zero-order valence-corrected chi connectivity index (χ0v) is 18.5. The lowest BCUT2D eigenvalue weighted by Gasteiger charge is -2.31. The van der Waals surface area contributed by atoms with E-state index < -0.39 is 35.8 Å². The number of alkyl halides is 3. The van der Waals surface area contributed by atoms with Crippen LogP contribution in [0.5, 0.6) is 0 Å². The fraction of sp³-hybridized carbons (Fsp3) is 0.450. The molecule has 10 nitrogen and oxygen atoms in total. The first kappa shape index (κ1) is 24.5. The zero-order valence-electron chi connectivity index (χ0n) is 17.7. The molecule has 2 heterocycles. The summed E-state index contributed by atoms with van der Waals surface area (Å²) >= 11 is 1.25. The smallest absolute Gasteiger partial charge is 0.396 e. The Hall–Kier alpha value is -2.62. The predicted molar refractivity (Wildman–Crippen MR) is 117 cm³/mol. The normalized spacial score (nSPS) is 23.4. The number of nitrogens with one attached hydrogen (secondary N) is 2. The first-order chi connectivity index (χ1) is 15.8. The Morgan fingerprint density at radius 2 is 1.88 bits per heavy atom. The Kier molecular flexibility index (Phi) is 6.16. The van der Waals surface area contributed by atoms with Crippen LogP contribution in [-0.2, 0) is 0 Å². The van der Waals surface area contributed by atoms with Crippen molar-refractivity contribution < 1.29 is 38.7 Å². The van der Waals surface area contributed by atoms with Gasteiger partial charge in [-0.3, -0.25) is 5.32 Å². The highest BCUT2D eigenvalue weighted by Gasteiger charge is 2.54. The standard InChI is InChI=1S/C20H22F3N5O5S/c1-9-13(16-25-11-4-2-3-5-12(11)34-16)15(27-18(31)7-6-10(8-29)14(18)30)26-17(24-9)28-20(32,33)19(21,22)23/h2-5,10,14,29-33H,6-8H2,1H3,(H2,24,26,27,28). The van der Waals surface area contributed by atoms with Gasteiger partial charge in [-0.05, 0) is 31.9 Å². The van der Waals surface area contributed by atoms with Gasteiger partial charge in [-0.25, -0.2) is 9.97 Å². The number of aliphatic hydroxyl groups excluding tert-OH is 2. The van der Waals surface area contributed by atoms with Crippen LogP contribution in [0.25, 0.3) is 20.8 Å². The third kappa shape index (κ3) is 4.39. The number of nitrogens with zero attached hydrogens (tertiary/aromatic N) is 3. The number of thiazole rings is 1. The molecule has 1 fully saturated rings. The summed E-state index contributed by atoms with van der Waals surface area (Å²) in [5.41, 5.74) is -0.951. The molecular formula is C20H22F3N5O5S. The molecule has 0 spiro atoms. The van der Waals surface area contributed by atoms with Gasteiger partial charge in [0.1, 0.15) is 16.9 Å². The van der Waals surface area contributed by atoms with E-state index in [0.717, 1.165) is 4.70 Å². The van der Waals surface area contributed by atoms with E-state index in [1.54, 1.807) is 12.1 Å². The molecule has 1 aromatic carbocycles. The van der Waals surface area contributed by atoms with Gasteiger partial charge in [0.05, 0.1) is 21.5 Å². The molecular weight excluding hydrogens is 479 g/mol. The molecule has 1 aliphatic rings. The predicted octanol–water partition coefficient (Wildman–Crippen LogP) is 1.54. The molecule has 0 aliphatic heterocycles. The Morgan fingerprint density at radius 3 is 2.50 bits per heavy atom. The summed E-state index contributed by atoms with van der Waals surface area (Å²) in [5.74, 6) is -5.93. The van der Waals surface area contributed by atoms with Crippen molar-refractivity contribution in [3.05, 3.63) is 30.0 Å². The van der Waals surface area contributed by atoms with E-state index in [1.165, 1.54) is 23.6 Å². The molecule has 3 unspecified atom stereocenters. The maximum absolute atomic E-state index is 13.0. The van der Waals surface area contributed by atoms with Crippen molar-refractivity contribution in [3.63, 3.8) is 0 Å². The second kappa shape index (κ2) is 8.55. The Labute approximate surface area is 194 Å². The van der Waals surface area contributed by atoms with Gasteiger partial charge >= 0.3 is 12.1 Å². The Balaban J connectivity index is 1.82. The quantitative estimate of drug-likeness (QED) is 0.247. The lowest BCUT2D eigenvalue weighted by Crippen LogP contribution is -2.52. The number of rotatable bonds is 6. The van der Waals surface area contributed by atoms with Crippen LogP contribution < -0.4 is 10.6 Å². The number of aryl methyl sites for hydroxylation is 1. The van der Waals surface area contributed by atoms with Crippen molar-refractivity contribution in [1.82, 2.24) is 15.0 Å². The van der Waals surface area contributed by atoms with E-state index in [1.807, 2.05) is 12.1 Å². The van der Waals surface area contributed by atoms with E-state index in [9.17, 15) is 38.7 Å². The van der Waals surface area contributed by atoms with Crippen LogP contribution in [0, 0.1) is 12.8 Å². The molecule has 184 valence electrons. The highest BCUT2D eigenvalue weighted by molar-refractivity contribution is 7.21. The number of aliphatic hydroxyl groups is 5. The summed E-state index contributed by atoms with van der Waals surface area (Å²) in [5, 5.41) is 54.3. The van der Waals surface area contributed by atoms with Crippen LogP contribution in [0.2, 0.25) is 0 Å². The maximum atomic E-state index is 13.0. The average molecular weight is 501 g/mol. The van der Waals surface area contributed by atoms with Gasteiger partial charge in [-0.1, -0.05) is 12.1 Å². The molecule has 4 rings (SSSR count). The zero-order chi connectivity index (χ0) is 24.9. The van der Waals surface area contributed by atoms with Gasteiger partial charge < -0.3 is 30.8 Å². The molecule has 1 aliphatic carbocycles. The number of halogens is 3. The SMILES string of the molecule is Cc1nc(NC(O)(O)C(F)(F)F)nc(NC2(O)CCC(CO)C2O)c1-c1nc2ccccc2s1. The van der Waals surface area contributed by atoms with Crippen molar-refractivity contribution in [1.29, 1.82) is 0 Å². The molecule has 3 atom stereocenters. The highest BCUT2D eigenvalue weighted by Crippen LogP contribution is 2.41. The van der Waals surface area contributed by atoms with E-state index in [0.29, 0.717) is 10.5 Å². The first-order valence-electron chi connectivity index (χ1n) is 10.2. The summed E-state index contributed by atoms with van der Waals surface area (Å²) < 4.78 is 39.7. The molecule has 0 bridgehead atoms. The molecule has 14 heteroatoms. The van der Waals surface area contributed by atoms with E-state index in [-0.39, 0.29) is 36.5 Å². The summed E-state index contributed by atoms with van der Waals surface area (Å²) in [4.78, 5) is 12.4. The van der Waals surface area contributed by atoms with Gasteiger partial charge in [-0.2, -0.15) is 18.2 Å². The second-order valence-electron chi connectivity index (χ2n) is 8.11. The lowest BCUT2D eigenvalue weighted by molar-refractivity contribution is -0.334. The summed E-state index contributed by atoms with van der Waals surface area (Å²) in [7, 11) is 0. The third-order valence-electron chi connectivity index (χ3n) is 5.68. The Bertz CT molecular complexity index is 1170. The summed E-state index contributed by atoms with van der Waals surface area (Å²) in [6.07, 6.45) is -6.58. The molecule has 0 radical (unpaired) electrons. The van der Waals surface area contributed by atoms with Gasteiger partial charge in [0, 0.05) is 12.5 Å². The summed E-state index contributed by atoms with van der Waals surface area (Å²) in [6.45, 7) is 1.07. The maximum Gasteiger partial charge on any atom is 0.465 e. The van der Waals surface area contributed by atoms with Crippen LogP contribution in [0.15, 0.2) is 24.3 Å². The number of fused-ring (bicyclic) bond motifs is 1. The topological polar surface area (TPSA) is 164 Å². The minimum atomic E-state index is -5.46. The van der Waals surface area contributed by atoms with Crippen LogP contribution in [0.3, 0.4) is 0 Å². The molecule has 0 saturated heterocycles. The van der Waals surface area contributed by atoms with Gasteiger partial charge in [-0.15, -0.1) is 11.3 Å². The van der Waals surface area contributed by atoms with Gasteiger partial charge in [0.25, 0.3) is 0 Å². The van der Waals surface area contributed by atoms with Crippen molar-refractivity contribution in [2.45, 2.75) is 43.7 Å². The molecule has 7 N–H and O–H groups in total. The number of para-hydroxylation sites is 1. The number of benzene rings is 1. The summed E-state index contributed by atoms with van der Waals surface area (Å²) in [6, 6.07) is 7.19. The second-order valence-corrected chi connectivity index (χ2v) is 9.14.